The second-order valence-corrected chi connectivity index (χ2v) is 8.01. The van der Waals surface area contributed by atoms with Gasteiger partial charge in [0.15, 0.2) is 0 Å². The molecular weight excluding hydrogens is 375 g/mol. The zero-order valence-corrected chi connectivity index (χ0v) is 16.1. The average Bonchev–Trinajstić information content (AvgIpc) is 2.71. The Bertz CT molecular complexity index is 842. The lowest BCUT2D eigenvalue weighted by Crippen LogP contribution is -2.20. The molecule has 0 radical (unpaired) electrons. The Balaban J connectivity index is 0.000000221. The van der Waals surface area contributed by atoms with Crippen molar-refractivity contribution < 1.29 is 0 Å². The van der Waals surface area contributed by atoms with Gasteiger partial charge in [0.05, 0.1) is 0 Å². The number of hydrogen-bond donors (Lipinski definition) is 1. The third kappa shape index (κ3) is 5.58. The van der Waals surface area contributed by atoms with Crippen LogP contribution in [0.1, 0.15) is 0 Å². The molecule has 0 amide bonds. The van der Waals surface area contributed by atoms with Crippen LogP contribution in [0.15, 0.2) is 97.3 Å². The maximum atomic E-state index is 5.30. The van der Waals surface area contributed by atoms with Crippen LogP contribution in [0.5, 0.6) is 0 Å². The number of hydrogen-bond acceptors (Lipinski definition) is 4. The van der Waals surface area contributed by atoms with E-state index in [0.29, 0.717) is 0 Å². The van der Waals surface area contributed by atoms with Crippen LogP contribution in [-0.4, -0.2) is 15.0 Å². The van der Waals surface area contributed by atoms with Crippen molar-refractivity contribution in [3.8, 4) is 0 Å². The van der Waals surface area contributed by atoms with Crippen LogP contribution >= 0.6 is 19.5 Å². The molecule has 4 aromatic rings. The molecule has 4 nitrogen and oxygen atoms in total. The fraction of sp³-hybridized carbons (Fsp3) is 0. The monoisotopic (exact) mass is 392 g/mol. The van der Waals surface area contributed by atoms with E-state index >= 15 is 0 Å². The largest absolute Gasteiger partial charge is 0.368 e. The number of anilines is 1. The number of nitrogens with two attached hydrogens (primary N) is 1. The Morgan fingerprint density at radius 1 is 0.630 bits per heavy atom. The molecule has 0 aliphatic heterocycles. The summed E-state index contributed by atoms with van der Waals surface area (Å²) in [5.74, 6) is 0.144. The first-order valence-corrected chi connectivity index (χ1v) is 10.0. The van der Waals surface area contributed by atoms with Crippen LogP contribution < -0.4 is 21.6 Å². The van der Waals surface area contributed by atoms with Crippen LogP contribution in [0.2, 0.25) is 5.28 Å². The standard InChI is InChI=1S/C18H15P.C3H3ClN4/c1-4-10-16(11-5-1)19(17-12-6-2-7-13-17)18-14-8-3-9-15-18;4-2-6-1-7-3(5)8-2/h1-15H;1H,(H2,5,6,7,8). The Morgan fingerprint density at radius 3 is 1.33 bits per heavy atom. The molecule has 4 rings (SSSR count). The van der Waals surface area contributed by atoms with Crippen molar-refractivity contribution in [1.29, 1.82) is 0 Å². The van der Waals surface area contributed by atoms with Gasteiger partial charge in [-0.25, -0.2) is 9.97 Å². The summed E-state index contributed by atoms with van der Waals surface area (Å²) < 4.78 is 0. The first-order valence-electron chi connectivity index (χ1n) is 8.29. The molecule has 6 heteroatoms. The minimum absolute atomic E-state index is 0.123. The molecule has 1 aromatic heterocycles. The summed E-state index contributed by atoms with van der Waals surface area (Å²) >= 11 is 5.30. The minimum atomic E-state index is -0.446. The SMILES string of the molecule is Nc1ncnc(Cl)n1.c1ccc(P(c2ccccc2)c2ccccc2)cc1. The molecule has 0 aliphatic rings. The van der Waals surface area contributed by atoms with Gasteiger partial charge < -0.3 is 5.73 Å². The van der Waals surface area contributed by atoms with Gasteiger partial charge in [0.25, 0.3) is 0 Å². The first kappa shape index (κ1) is 19.0. The molecule has 0 saturated carbocycles. The van der Waals surface area contributed by atoms with Crippen molar-refractivity contribution in [2.45, 2.75) is 0 Å². The van der Waals surface area contributed by atoms with Gasteiger partial charge in [0.2, 0.25) is 11.2 Å². The maximum Gasteiger partial charge on any atom is 0.227 e. The van der Waals surface area contributed by atoms with Crippen molar-refractivity contribution in [3.05, 3.63) is 103 Å². The van der Waals surface area contributed by atoms with Crippen molar-refractivity contribution in [3.63, 3.8) is 0 Å². The van der Waals surface area contributed by atoms with Gasteiger partial charge >= 0.3 is 0 Å². The van der Waals surface area contributed by atoms with Gasteiger partial charge in [-0.1, -0.05) is 91.0 Å². The lowest BCUT2D eigenvalue weighted by atomic mass is 10.4. The molecule has 0 bridgehead atoms. The number of rotatable bonds is 3. The van der Waals surface area contributed by atoms with Crippen LogP contribution in [-0.2, 0) is 0 Å². The fourth-order valence-corrected chi connectivity index (χ4v) is 4.90. The van der Waals surface area contributed by atoms with E-state index < -0.39 is 7.92 Å². The molecule has 3 aromatic carbocycles. The van der Waals surface area contributed by atoms with Crippen molar-refractivity contribution in [2.24, 2.45) is 0 Å². The Labute approximate surface area is 164 Å². The predicted molar refractivity (Wildman–Crippen MR) is 114 cm³/mol. The van der Waals surface area contributed by atoms with Crippen molar-refractivity contribution in [1.82, 2.24) is 15.0 Å². The molecule has 0 aliphatic carbocycles. The second kappa shape index (κ2) is 9.77. The minimum Gasteiger partial charge on any atom is -0.368 e. The van der Waals surface area contributed by atoms with Crippen LogP contribution in [0.4, 0.5) is 5.95 Å². The third-order valence-corrected chi connectivity index (χ3v) is 6.23. The quantitative estimate of drug-likeness (QED) is 0.541. The highest BCUT2D eigenvalue weighted by Gasteiger charge is 2.14. The molecule has 0 spiro atoms. The molecule has 0 atom stereocenters. The normalized spacial score (nSPS) is 10.1. The molecule has 134 valence electrons. The molecule has 0 saturated heterocycles. The van der Waals surface area contributed by atoms with E-state index in [1.807, 2.05) is 0 Å². The predicted octanol–water partition coefficient (Wildman–Crippen LogP) is 3.55. The second-order valence-electron chi connectivity index (χ2n) is 5.45. The van der Waals surface area contributed by atoms with Gasteiger partial charge in [-0.05, 0) is 35.4 Å². The summed E-state index contributed by atoms with van der Waals surface area (Å²) in [5, 5.41) is 4.32. The Morgan fingerprint density at radius 2 is 1.04 bits per heavy atom. The van der Waals surface area contributed by atoms with Gasteiger partial charge in [-0.3, -0.25) is 0 Å². The van der Waals surface area contributed by atoms with Crippen molar-refractivity contribution in [2.75, 3.05) is 5.73 Å². The molecule has 0 fully saturated rings. The zero-order valence-electron chi connectivity index (χ0n) is 14.5. The highest BCUT2D eigenvalue weighted by Crippen LogP contribution is 2.32. The van der Waals surface area contributed by atoms with E-state index in [4.69, 9.17) is 17.3 Å². The summed E-state index contributed by atoms with van der Waals surface area (Å²) in [6, 6.07) is 32.3. The topological polar surface area (TPSA) is 64.7 Å². The number of nitrogens with zero attached hydrogens (tertiary/aromatic N) is 3. The van der Waals surface area contributed by atoms with E-state index in [1.54, 1.807) is 0 Å². The average molecular weight is 393 g/mol. The van der Waals surface area contributed by atoms with E-state index in [1.165, 1.54) is 22.2 Å². The van der Waals surface area contributed by atoms with E-state index in [9.17, 15) is 0 Å². The number of aromatic nitrogens is 3. The van der Waals surface area contributed by atoms with Gasteiger partial charge in [0.1, 0.15) is 6.33 Å². The third-order valence-electron chi connectivity index (χ3n) is 3.60. The number of nitrogen functional groups attached to an aromatic ring is 1. The van der Waals surface area contributed by atoms with E-state index in [2.05, 4.69) is 106 Å². The maximum absolute atomic E-state index is 5.30. The van der Waals surface area contributed by atoms with Crippen molar-refractivity contribution >= 4 is 41.4 Å². The molecule has 2 N–H and O–H groups in total. The summed E-state index contributed by atoms with van der Waals surface area (Å²) in [5.41, 5.74) is 5.11. The molecule has 0 unspecified atom stereocenters. The van der Waals surface area contributed by atoms with Crippen LogP contribution in [0, 0.1) is 0 Å². The Kier molecular flexibility index (Phi) is 6.86. The van der Waals surface area contributed by atoms with Crippen LogP contribution in [0.25, 0.3) is 0 Å². The van der Waals surface area contributed by atoms with Crippen LogP contribution in [0.3, 0.4) is 0 Å². The highest BCUT2D eigenvalue weighted by molar-refractivity contribution is 7.79. The number of benzene rings is 3. The smallest absolute Gasteiger partial charge is 0.227 e. The molecular formula is C21H18ClN4P. The summed E-state index contributed by atoms with van der Waals surface area (Å²) in [6.45, 7) is 0. The van der Waals surface area contributed by atoms with Gasteiger partial charge in [-0.15, -0.1) is 0 Å². The molecule has 27 heavy (non-hydrogen) atoms. The summed E-state index contributed by atoms with van der Waals surface area (Å²) in [4.78, 5) is 10.5. The highest BCUT2D eigenvalue weighted by atomic mass is 35.5. The van der Waals surface area contributed by atoms with E-state index in [-0.39, 0.29) is 11.2 Å². The van der Waals surface area contributed by atoms with Gasteiger partial charge in [-0.2, -0.15) is 4.98 Å². The lowest BCUT2D eigenvalue weighted by Gasteiger charge is -2.18. The van der Waals surface area contributed by atoms with E-state index in [0.717, 1.165) is 0 Å². The zero-order chi connectivity index (χ0) is 18.9. The first-order chi connectivity index (χ1) is 13.2. The summed E-state index contributed by atoms with van der Waals surface area (Å²) in [7, 11) is -0.446. The lowest BCUT2D eigenvalue weighted by molar-refractivity contribution is 1.06. The summed E-state index contributed by atoms with van der Waals surface area (Å²) in [6.07, 6.45) is 1.25. The Hall–Kier alpha value is -2.81. The fourth-order valence-electron chi connectivity index (χ4n) is 2.47. The number of halogens is 1. The van der Waals surface area contributed by atoms with Gasteiger partial charge in [0, 0.05) is 0 Å². The molecule has 1 heterocycles.